The maximum absolute atomic E-state index is 13.1. The minimum Gasteiger partial charge on any atom is -0.207 e. The van der Waals surface area contributed by atoms with Crippen LogP contribution in [0.15, 0.2) is 53.4 Å². The molecule has 2 aromatic carbocycles. The van der Waals surface area contributed by atoms with Crippen molar-refractivity contribution in [2.45, 2.75) is 36.5 Å². The smallest absolute Gasteiger partial charge is 0.207 e. The third-order valence-electron chi connectivity index (χ3n) is 4.35. The number of benzene rings is 2. The Labute approximate surface area is 149 Å². The van der Waals surface area contributed by atoms with Crippen LogP contribution in [0.1, 0.15) is 35.2 Å². The van der Waals surface area contributed by atoms with E-state index in [4.69, 9.17) is 0 Å². The Morgan fingerprint density at radius 1 is 1.08 bits per heavy atom. The molecule has 0 N–H and O–H groups in total. The molecule has 0 aromatic heterocycles. The van der Waals surface area contributed by atoms with Gasteiger partial charge in [0, 0.05) is 0 Å². The second kappa shape index (κ2) is 6.41. The lowest BCUT2D eigenvalue weighted by Crippen LogP contribution is -2.34. The van der Waals surface area contributed by atoms with Crippen LogP contribution in [0.2, 0.25) is 0 Å². The molecule has 2 atom stereocenters. The fraction of sp³-hybridized carbons (Fsp3) is 0.278. The second-order valence-corrected chi connectivity index (χ2v) is 7.99. The highest BCUT2D eigenvalue weighted by Gasteiger charge is 2.49. The topological polar surface area (TPSA) is 61.2 Å². The molecule has 2 aromatic rings. The van der Waals surface area contributed by atoms with Crippen LogP contribution in [0.5, 0.6) is 0 Å². The molecule has 3 rings (SSSR count). The molecule has 26 heavy (non-hydrogen) atoms. The lowest BCUT2D eigenvalue weighted by atomic mass is 10.0. The van der Waals surface area contributed by atoms with E-state index in [9.17, 15) is 26.9 Å². The van der Waals surface area contributed by atoms with Crippen molar-refractivity contribution in [2.24, 2.45) is 0 Å². The summed E-state index contributed by atoms with van der Waals surface area (Å²) in [6.45, 7) is 1.77. The van der Waals surface area contributed by atoms with Crippen LogP contribution in [0.25, 0.3) is 0 Å². The molecule has 0 aliphatic carbocycles. The average molecular weight is 380 g/mol. The summed E-state index contributed by atoms with van der Waals surface area (Å²) >= 11 is 0. The van der Waals surface area contributed by atoms with Gasteiger partial charge in [-0.15, -0.1) is 0 Å². The molecule has 0 amide bonds. The van der Waals surface area contributed by atoms with Crippen molar-refractivity contribution in [3.05, 3.63) is 65.2 Å². The van der Waals surface area contributed by atoms with Gasteiger partial charge in [-0.05, 0) is 30.2 Å². The normalized spacial score (nSPS) is 20.6. The molecule has 1 aliphatic heterocycles. The molecule has 1 heterocycles. The summed E-state index contributed by atoms with van der Waals surface area (Å²) in [6, 6.07) is 11.0. The molecule has 0 saturated heterocycles. The van der Waals surface area contributed by atoms with E-state index in [0.717, 1.165) is 5.56 Å². The Kier molecular flexibility index (Phi) is 4.54. The van der Waals surface area contributed by atoms with Crippen LogP contribution in [0.4, 0.5) is 13.2 Å². The Balaban J connectivity index is 2.16. The first-order chi connectivity index (χ1) is 12.1. The van der Waals surface area contributed by atoms with Gasteiger partial charge in [0.15, 0.2) is 0 Å². The molecule has 4 nitrogen and oxygen atoms in total. The van der Waals surface area contributed by atoms with E-state index in [1.807, 2.05) is 6.07 Å². The van der Waals surface area contributed by atoms with Gasteiger partial charge in [-0.3, -0.25) is 0 Å². The van der Waals surface area contributed by atoms with E-state index in [-0.39, 0.29) is 10.5 Å². The Hall–Kier alpha value is -2.37. The summed E-state index contributed by atoms with van der Waals surface area (Å²) in [5.41, 5.74) is 1.32. The average Bonchev–Trinajstić information content (AvgIpc) is 2.88. The van der Waals surface area contributed by atoms with E-state index in [0.29, 0.717) is 9.87 Å². The van der Waals surface area contributed by atoms with Crippen LogP contribution in [-0.4, -0.2) is 18.9 Å². The molecule has 0 fully saturated rings. The van der Waals surface area contributed by atoms with Crippen molar-refractivity contribution in [2.75, 3.05) is 0 Å². The van der Waals surface area contributed by atoms with Crippen LogP contribution in [0, 0.1) is 18.3 Å². The minimum absolute atomic E-state index is 0.136. The fourth-order valence-electron chi connectivity index (χ4n) is 3.20. The van der Waals surface area contributed by atoms with E-state index >= 15 is 0 Å². The summed E-state index contributed by atoms with van der Waals surface area (Å²) in [5.74, 6) is 0. The first kappa shape index (κ1) is 18.4. The largest absolute Gasteiger partial charge is 0.390 e. The number of hydrogen-bond donors (Lipinski definition) is 0. The zero-order valence-corrected chi connectivity index (χ0v) is 14.6. The highest BCUT2D eigenvalue weighted by Crippen LogP contribution is 2.49. The van der Waals surface area contributed by atoms with Gasteiger partial charge in [-0.1, -0.05) is 42.0 Å². The molecule has 0 spiro atoms. The minimum atomic E-state index is -4.58. The van der Waals surface area contributed by atoms with Crippen LogP contribution in [-0.2, 0) is 10.0 Å². The molecular formula is C18H15F3N2O2S. The van der Waals surface area contributed by atoms with Gasteiger partial charge in [0.2, 0.25) is 10.0 Å². The molecule has 0 unspecified atom stereocenters. The molecule has 136 valence electrons. The first-order valence-corrected chi connectivity index (χ1v) is 9.24. The zero-order chi connectivity index (χ0) is 19.1. The number of halogens is 3. The summed E-state index contributed by atoms with van der Waals surface area (Å²) < 4.78 is 66.3. The summed E-state index contributed by atoms with van der Waals surface area (Å²) in [5, 5.41) is 9.52. The van der Waals surface area contributed by atoms with E-state index in [2.05, 4.69) is 0 Å². The third-order valence-corrected chi connectivity index (χ3v) is 6.24. The number of nitriles is 1. The predicted molar refractivity (Wildman–Crippen MR) is 88.4 cm³/mol. The molecule has 0 saturated carbocycles. The van der Waals surface area contributed by atoms with Crippen molar-refractivity contribution in [1.29, 1.82) is 5.26 Å². The number of fused-ring (bicyclic) bond motifs is 1. The van der Waals surface area contributed by atoms with E-state index < -0.39 is 34.7 Å². The summed E-state index contributed by atoms with van der Waals surface area (Å²) in [4.78, 5) is -0.136. The molecular weight excluding hydrogens is 365 g/mol. The maximum atomic E-state index is 13.1. The van der Waals surface area contributed by atoms with Crippen molar-refractivity contribution in [3.63, 3.8) is 0 Å². The standard InChI is InChI=1S/C18H15F3N2O2S/c1-12-6-8-13(9-7-12)26(24,25)23-16(10-18(19,20)21)14-4-2-3-5-15(14)17(23)11-22/h2-9,16-17H,10H2,1H3/t16-,17+/m0/s1. The van der Waals surface area contributed by atoms with Crippen molar-refractivity contribution in [3.8, 4) is 6.07 Å². The molecule has 8 heteroatoms. The number of rotatable bonds is 3. The Morgan fingerprint density at radius 2 is 1.65 bits per heavy atom. The highest BCUT2D eigenvalue weighted by atomic mass is 32.2. The van der Waals surface area contributed by atoms with Gasteiger partial charge in [-0.25, -0.2) is 8.42 Å². The Morgan fingerprint density at radius 3 is 2.19 bits per heavy atom. The highest BCUT2D eigenvalue weighted by molar-refractivity contribution is 7.89. The van der Waals surface area contributed by atoms with Crippen LogP contribution in [0.3, 0.4) is 0 Å². The Bertz CT molecular complexity index is 963. The van der Waals surface area contributed by atoms with Gasteiger partial charge in [0.1, 0.15) is 6.04 Å². The van der Waals surface area contributed by atoms with Crippen molar-refractivity contribution < 1.29 is 21.6 Å². The first-order valence-electron chi connectivity index (χ1n) is 7.80. The van der Waals surface area contributed by atoms with Crippen LogP contribution >= 0.6 is 0 Å². The molecule has 0 bridgehead atoms. The van der Waals surface area contributed by atoms with E-state index in [1.165, 1.54) is 24.3 Å². The number of sulfonamides is 1. The monoisotopic (exact) mass is 380 g/mol. The SMILES string of the molecule is Cc1ccc(S(=O)(=O)N2[C@H](C#N)c3ccccc3[C@@H]2CC(F)(F)F)cc1. The third kappa shape index (κ3) is 3.20. The van der Waals surface area contributed by atoms with Gasteiger partial charge in [0.25, 0.3) is 0 Å². The predicted octanol–water partition coefficient (Wildman–Crippen LogP) is 4.26. The molecule has 0 radical (unpaired) electrons. The lowest BCUT2D eigenvalue weighted by Gasteiger charge is -2.27. The van der Waals surface area contributed by atoms with E-state index in [1.54, 1.807) is 31.2 Å². The van der Waals surface area contributed by atoms with Crippen LogP contribution < -0.4 is 0 Å². The fourth-order valence-corrected chi connectivity index (χ4v) is 4.89. The van der Waals surface area contributed by atoms with Gasteiger partial charge < -0.3 is 0 Å². The maximum Gasteiger partial charge on any atom is 0.390 e. The lowest BCUT2D eigenvalue weighted by molar-refractivity contribution is -0.144. The van der Waals surface area contributed by atoms with Crippen molar-refractivity contribution >= 4 is 10.0 Å². The second-order valence-electron chi connectivity index (χ2n) is 6.14. The quantitative estimate of drug-likeness (QED) is 0.799. The number of aryl methyl sites for hydroxylation is 1. The van der Waals surface area contributed by atoms with Gasteiger partial charge in [-0.2, -0.15) is 22.7 Å². The molecule has 1 aliphatic rings. The summed E-state index contributed by atoms with van der Waals surface area (Å²) in [6.07, 6.45) is -5.93. The van der Waals surface area contributed by atoms with Gasteiger partial charge >= 0.3 is 6.18 Å². The zero-order valence-electron chi connectivity index (χ0n) is 13.7. The number of alkyl halides is 3. The summed E-state index contributed by atoms with van der Waals surface area (Å²) in [7, 11) is -4.30. The number of hydrogen-bond acceptors (Lipinski definition) is 3. The van der Waals surface area contributed by atoms with Gasteiger partial charge in [0.05, 0.1) is 23.4 Å². The van der Waals surface area contributed by atoms with Crippen molar-refractivity contribution in [1.82, 2.24) is 4.31 Å². The number of nitrogens with zero attached hydrogens (tertiary/aromatic N) is 2.